The summed E-state index contributed by atoms with van der Waals surface area (Å²) >= 11 is 5.65. The Morgan fingerprint density at radius 3 is 2.29 bits per heavy atom. The molecule has 1 unspecified atom stereocenters. The lowest BCUT2D eigenvalue weighted by Crippen LogP contribution is -2.23. The fourth-order valence-electron chi connectivity index (χ4n) is 2.23. The van der Waals surface area contributed by atoms with Crippen LogP contribution in [0.5, 0.6) is 0 Å². The first kappa shape index (κ1) is 15.9. The zero-order valence-electron chi connectivity index (χ0n) is 11.5. The number of hydrogen-bond acceptors (Lipinski definition) is 1. The molecule has 0 amide bonds. The summed E-state index contributed by atoms with van der Waals surface area (Å²) in [6.07, 6.45) is 0.408. The quantitative estimate of drug-likeness (QED) is 0.847. The van der Waals surface area contributed by atoms with Crippen LogP contribution in [0.1, 0.15) is 24.1 Å². The van der Waals surface area contributed by atoms with E-state index in [0.717, 1.165) is 6.07 Å². The number of likely N-dealkylation sites (N-methyl/N-ethyl adjacent to an activating group) is 1. The van der Waals surface area contributed by atoms with E-state index in [1.807, 2.05) is 6.92 Å². The molecular formula is C16H15ClF3N. The van der Waals surface area contributed by atoms with Crippen LogP contribution in [0.2, 0.25) is 5.02 Å². The van der Waals surface area contributed by atoms with Gasteiger partial charge in [-0.1, -0.05) is 24.6 Å². The third kappa shape index (κ3) is 4.22. The first-order valence-electron chi connectivity index (χ1n) is 6.63. The summed E-state index contributed by atoms with van der Waals surface area (Å²) in [5, 5.41) is 3.20. The highest BCUT2D eigenvalue weighted by Gasteiger charge is 2.14. The van der Waals surface area contributed by atoms with Gasteiger partial charge in [0.25, 0.3) is 0 Å². The summed E-state index contributed by atoms with van der Waals surface area (Å²) in [7, 11) is 0. The molecule has 2 aromatic carbocycles. The summed E-state index contributed by atoms with van der Waals surface area (Å²) in [6.45, 7) is 2.52. The smallest absolute Gasteiger partial charge is 0.142 e. The molecular weight excluding hydrogens is 299 g/mol. The number of halogens is 4. The van der Waals surface area contributed by atoms with Crippen molar-refractivity contribution in [1.82, 2.24) is 5.32 Å². The second-order valence-electron chi connectivity index (χ2n) is 4.77. The van der Waals surface area contributed by atoms with Gasteiger partial charge in [0, 0.05) is 12.1 Å². The van der Waals surface area contributed by atoms with Gasteiger partial charge in [0.2, 0.25) is 0 Å². The zero-order valence-corrected chi connectivity index (χ0v) is 12.2. The maximum Gasteiger partial charge on any atom is 0.142 e. The van der Waals surface area contributed by atoms with Crippen LogP contribution in [-0.2, 0) is 6.42 Å². The van der Waals surface area contributed by atoms with Crippen LogP contribution < -0.4 is 5.32 Å². The van der Waals surface area contributed by atoms with E-state index in [-0.39, 0.29) is 11.1 Å². The molecule has 0 aromatic heterocycles. The molecule has 0 radical (unpaired) electrons. The second kappa shape index (κ2) is 6.96. The molecule has 112 valence electrons. The Morgan fingerprint density at radius 1 is 1.05 bits per heavy atom. The summed E-state index contributed by atoms with van der Waals surface area (Å²) in [5.74, 6) is -1.76. The Morgan fingerprint density at radius 2 is 1.71 bits per heavy atom. The van der Waals surface area contributed by atoms with Gasteiger partial charge < -0.3 is 5.32 Å². The fraction of sp³-hybridized carbons (Fsp3) is 0.250. The molecule has 5 heteroatoms. The Labute approximate surface area is 126 Å². The van der Waals surface area contributed by atoms with Crippen LogP contribution in [0.15, 0.2) is 36.4 Å². The molecule has 0 fully saturated rings. The van der Waals surface area contributed by atoms with Gasteiger partial charge in [-0.3, -0.25) is 0 Å². The van der Waals surface area contributed by atoms with E-state index in [1.165, 1.54) is 24.3 Å². The van der Waals surface area contributed by atoms with Crippen LogP contribution in [-0.4, -0.2) is 6.54 Å². The van der Waals surface area contributed by atoms with Gasteiger partial charge in [0.1, 0.15) is 17.5 Å². The van der Waals surface area contributed by atoms with Crippen LogP contribution >= 0.6 is 11.6 Å². The summed E-state index contributed by atoms with van der Waals surface area (Å²) in [4.78, 5) is 0. The third-order valence-electron chi connectivity index (χ3n) is 3.16. The number of nitrogens with one attached hydrogen (secondary N) is 1. The molecule has 0 saturated heterocycles. The number of hydrogen-bond donors (Lipinski definition) is 1. The standard InChI is InChI=1S/C16H15ClF3N/c1-2-21-16(11-7-12(18)9-13(19)8-11)6-10-3-4-14(17)15(20)5-10/h3-5,7-9,16,21H,2,6H2,1H3. The highest BCUT2D eigenvalue weighted by atomic mass is 35.5. The SMILES string of the molecule is CCNC(Cc1ccc(Cl)c(F)c1)c1cc(F)cc(F)c1. The molecule has 0 aliphatic rings. The van der Waals surface area contributed by atoms with Crippen molar-refractivity contribution in [2.75, 3.05) is 6.54 Å². The molecule has 0 aliphatic heterocycles. The van der Waals surface area contributed by atoms with Gasteiger partial charge >= 0.3 is 0 Å². The summed E-state index contributed by atoms with van der Waals surface area (Å²) in [5.41, 5.74) is 1.19. The topological polar surface area (TPSA) is 12.0 Å². The molecule has 1 N–H and O–H groups in total. The Hall–Kier alpha value is -1.52. The Balaban J connectivity index is 2.27. The normalized spacial score (nSPS) is 12.4. The van der Waals surface area contributed by atoms with Crippen LogP contribution in [0, 0.1) is 17.5 Å². The van der Waals surface area contributed by atoms with Gasteiger partial charge in [-0.2, -0.15) is 0 Å². The minimum absolute atomic E-state index is 0.0514. The molecule has 0 saturated carbocycles. The van der Waals surface area contributed by atoms with Crippen molar-refractivity contribution in [2.45, 2.75) is 19.4 Å². The van der Waals surface area contributed by atoms with Crippen LogP contribution in [0.25, 0.3) is 0 Å². The lowest BCUT2D eigenvalue weighted by Gasteiger charge is -2.19. The molecule has 1 nitrogen and oxygen atoms in total. The highest BCUT2D eigenvalue weighted by molar-refractivity contribution is 6.30. The van der Waals surface area contributed by atoms with Crippen LogP contribution in [0.4, 0.5) is 13.2 Å². The van der Waals surface area contributed by atoms with E-state index >= 15 is 0 Å². The van der Waals surface area contributed by atoms with Crippen molar-refractivity contribution in [3.05, 3.63) is 70.0 Å². The van der Waals surface area contributed by atoms with E-state index in [1.54, 1.807) is 6.07 Å². The van der Waals surface area contributed by atoms with Crippen molar-refractivity contribution in [3.8, 4) is 0 Å². The number of rotatable bonds is 5. The number of benzene rings is 2. The van der Waals surface area contributed by atoms with Crippen LogP contribution in [0.3, 0.4) is 0 Å². The predicted octanol–water partition coefficient (Wildman–Crippen LogP) is 4.65. The Kier molecular flexibility index (Phi) is 5.26. The summed E-state index contributed by atoms with van der Waals surface area (Å²) < 4.78 is 40.2. The Bertz CT molecular complexity index is 611. The highest BCUT2D eigenvalue weighted by Crippen LogP contribution is 2.23. The lowest BCUT2D eigenvalue weighted by atomic mass is 9.98. The maximum atomic E-state index is 13.5. The first-order chi connectivity index (χ1) is 9.99. The molecule has 0 spiro atoms. The molecule has 21 heavy (non-hydrogen) atoms. The maximum absolute atomic E-state index is 13.5. The zero-order chi connectivity index (χ0) is 15.4. The van der Waals surface area contributed by atoms with Crippen molar-refractivity contribution < 1.29 is 13.2 Å². The second-order valence-corrected chi connectivity index (χ2v) is 5.17. The average molecular weight is 314 g/mol. The predicted molar refractivity (Wildman–Crippen MR) is 77.9 cm³/mol. The average Bonchev–Trinajstić information content (AvgIpc) is 2.41. The fourth-order valence-corrected chi connectivity index (χ4v) is 2.35. The van der Waals surface area contributed by atoms with Crippen molar-refractivity contribution in [2.24, 2.45) is 0 Å². The van der Waals surface area contributed by atoms with Crippen molar-refractivity contribution >= 4 is 11.6 Å². The van der Waals surface area contributed by atoms with Crippen molar-refractivity contribution in [1.29, 1.82) is 0 Å². The van der Waals surface area contributed by atoms with Gasteiger partial charge in [0.15, 0.2) is 0 Å². The third-order valence-corrected chi connectivity index (χ3v) is 3.47. The molecule has 2 rings (SSSR count). The van der Waals surface area contributed by atoms with Gasteiger partial charge in [-0.25, -0.2) is 13.2 Å². The van der Waals surface area contributed by atoms with Crippen molar-refractivity contribution in [3.63, 3.8) is 0 Å². The van der Waals surface area contributed by atoms with E-state index in [4.69, 9.17) is 11.6 Å². The molecule has 0 aliphatic carbocycles. The molecule has 2 aromatic rings. The van der Waals surface area contributed by atoms with E-state index in [9.17, 15) is 13.2 Å². The molecule has 0 heterocycles. The molecule has 0 bridgehead atoms. The van der Waals surface area contributed by atoms with E-state index in [2.05, 4.69) is 5.32 Å². The lowest BCUT2D eigenvalue weighted by molar-refractivity contribution is 0.527. The first-order valence-corrected chi connectivity index (χ1v) is 7.00. The van der Waals surface area contributed by atoms with Gasteiger partial charge in [0.05, 0.1) is 5.02 Å². The monoisotopic (exact) mass is 313 g/mol. The van der Waals surface area contributed by atoms with Gasteiger partial charge in [-0.15, -0.1) is 0 Å². The minimum Gasteiger partial charge on any atom is -0.310 e. The van der Waals surface area contributed by atoms with Gasteiger partial charge in [-0.05, 0) is 48.4 Å². The minimum atomic E-state index is -0.629. The van der Waals surface area contributed by atoms with E-state index < -0.39 is 17.5 Å². The largest absolute Gasteiger partial charge is 0.310 e. The summed E-state index contributed by atoms with van der Waals surface area (Å²) in [6, 6.07) is 7.59. The van der Waals surface area contributed by atoms with E-state index in [0.29, 0.717) is 24.1 Å². The molecule has 1 atom stereocenters.